The van der Waals surface area contributed by atoms with Crippen LogP contribution in [0.5, 0.6) is 0 Å². The molecule has 7 nitrogen and oxygen atoms in total. The van der Waals surface area contributed by atoms with Crippen LogP contribution in [0.2, 0.25) is 0 Å². The lowest BCUT2D eigenvalue weighted by Gasteiger charge is -2.31. The zero-order chi connectivity index (χ0) is 15.4. The van der Waals surface area contributed by atoms with E-state index in [2.05, 4.69) is 5.10 Å². The minimum Gasteiger partial charge on any atom is -0.377 e. The molecule has 122 valence electrons. The van der Waals surface area contributed by atoms with Crippen LogP contribution in [-0.2, 0) is 25.5 Å². The molecular formula is C15H23N3O4. The molecule has 1 amide bonds. The molecule has 7 heteroatoms. The Morgan fingerprint density at radius 3 is 3.23 bits per heavy atom. The molecule has 1 aromatic heterocycles. The molecule has 2 unspecified atom stereocenters. The van der Waals surface area contributed by atoms with Crippen molar-refractivity contribution in [1.29, 1.82) is 0 Å². The molecule has 0 aliphatic carbocycles. The third-order valence-corrected chi connectivity index (χ3v) is 4.26. The highest BCUT2D eigenvalue weighted by Gasteiger charge is 2.44. The molecule has 0 bridgehead atoms. The first-order chi connectivity index (χ1) is 10.7. The molecule has 2 aliphatic rings. The van der Waals surface area contributed by atoms with E-state index in [4.69, 9.17) is 14.2 Å². The topological polar surface area (TPSA) is 65.8 Å². The monoisotopic (exact) mass is 309 g/mol. The smallest absolute Gasteiger partial charge is 0.248 e. The highest BCUT2D eigenvalue weighted by molar-refractivity contribution is 5.77. The SMILES string of the molecule is COCC(=O)N1CCOCC2(CCC(Cn3cccn3)O2)C1. The average Bonchev–Trinajstić information content (AvgIpc) is 3.08. The fourth-order valence-corrected chi connectivity index (χ4v) is 3.20. The van der Waals surface area contributed by atoms with Gasteiger partial charge >= 0.3 is 0 Å². The molecular weight excluding hydrogens is 286 g/mol. The van der Waals surface area contributed by atoms with Crippen molar-refractivity contribution in [3.05, 3.63) is 18.5 Å². The number of carbonyl (C=O) groups excluding carboxylic acids is 1. The zero-order valence-electron chi connectivity index (χ0n) is 12.9. The van der Waals surface area contributed by atoms with Gasteiger partial charge in [0.05, 0.1) is 32.4 Å². The second-order valence-corrected chi connectivity index (χ2v) is 5.99. The lowest BCUT2D eigenvalue weighted by atomic mass is 10.00. The van der Waals surface area contributed by atoms with E-state index in [9.17, 15) is 4.79 Å². The Hall–Kier alpha value is -1.44. The van der Waals surface area contributed by atoms with Gasteiger partial charge in [0, 0.05) is 26.0 Å². The van der Waals surface area contributed by atoms with Crippen molar-refractivity contribution < 1.29 is 19.0 Å². The van der Waals surface area contributed by atoms with Gasteiger partial charge in [-0.2, -0.15) is 5.10 Å². The number of ether oxygens (including phenoxy) is 3. The summed E-state index contributed by atoms with van der Waals surface area (Å²) < 4.78 is 18.8. The van der Waals surface area contributed by atoms with Crippen molar-refractivity contribution in [3.8, 4) is 0 Å². The van der Waals surface area contributed by atoms with Crippen LogP contribution in [0.25, 0.3) is 0 Å². The van der Waals surface area contributed by atoms with Gasteiger partial charge in [-0.3, -0.25) is 9.48 Å². The van der Waals surface area contributed by atoms with Gasteiger partial charge in [-0.05, 0) is 18.9 Å². The summed E-state index contributed by atoms with van der Waals surface area (Å²) in [6.07, 6.45) is 5.67. The Balaban J connectivity index is 1.63. The van der Waals surface area contributed by atoms with Gasteiger partial charge in [-0.1, -0.05) is 0 Å². The van der Waals surface area contributed by atoms with Crippen molar-refractivity contribution in [1.82, 2.24) is 14.7 Å². The number of nitrogens with zero attached hydrogens (tertiary/aromatic N) is 3. The maximum atomic E-state index is 12.1. The van der Waals surface area contributed by atoms with Gasteiger partial charge < -0.3 is 19.1 Å². The largest absolute Gasteiger partial charge is 0.377 e. The molecule has 0 aromatic carbocycles. The number of hydrogen-bond acceptors (Lipinski definition) is 5. The number of methoxy groups -OCH3 is 1. The Bertz CT molecular complexity index is 493. The number of aromatic nitrogens is 2. The molecule has 0 radical (unpaired) electrons. The van der Waals surface area contributed by atoms with Crippen LogP contribution >= 0.6 is 0 Å². The van der Waals surface area contributed by atoms with E-state index < -0.39 is 5.60 Å². The molecule has 3 rings (SSSR count). The summed E-state index contributed by atoms with van der Waals surface area (Å²) in [5, 5.41) is 4.22. The van der Waals surface area contributed by atoms with E-state index in [1.54, 1.807) is 11.1 Å². The Kier molecular flexibility index (Phi) is 4.75. The minimum absolute atomic E-state index is 0.00787. The first-order valence-electron chi connectivity index (χ1n) is 7.70. The van der Waals surface area contributed by atoms with Crippen LogP contribution in [0.15, 0.2) is 18.5 Å². The third-order valence-electron chi connectivity index (χ3n) is 4.26. The van der Waals surface area contributed by atoms with E-state index in [0.29, 0.717) is 26.3 Å². The van der Waals surface area contributed by atoms with Crippen LogP contribution in [-0.4, -0.2) is 72.3 Å². The molecule has 2 fully saturated rings. The molecule has 0 N–H and O–H groups in total. The van der Waals surface area contributed by atoms with E-state index in [1.165, 1.54) is 7.11 Å². The summed E-state index contributed by atoms with van der Waals surface area (Å²) >= 11 is 0. The predicted octanol–water partition coefficient (Wildman–Crippen LogP) is 0.306. The van der Waals surface area contributed by atoms with E-state index >= 15 is 0 Å². The number of hydrogen-bond donors (Lipinski definition) is 0. The highest BCUT2D eigenvalue weighted by Crippen LogP contribution is 2.33. The van der Waals surface area contributed by atoms with Crippen molar-refractivity contribution in [2.75, 3.05) is 40.0 Å². The van der Waals surface area contributed by atoms with E-state index in [-0.39, 0.29) is 18.6 Å². The molecule has 2 saturated heterocycles. The standard InChI is InChI=1S/C15H23N3O4/c1-20-10-14(19)17-7-8-21-12-15(11-17)4-3-13(22-15)9-18-6-2-5-16-18/h2,5-6,13H,3-4,7-12H2,1H3. The van der Waals surface area contributed by atoms with Gasteiger partial charge in [0.15, 0.2) is 0 Å². The number of rotatable bonds is 4. The van der Waals surface area contributed by atoms with Gasteiger partial charge in [-0.15, -0.1) is 0 Å². The van der Waals surface area contributed by atoms with Gasteiger partial charge in [-0.25, -0.2) is 0 Å². The van der Waals surface area contributed by atoms with E-state index in [1.807, 2.05) is 16.9 Å². The van der Waals surface area contributed by atoms with Crippen LogP contribution in [0.3, 0.4) is 0 Å². The van der Waals surface area contributed by atoms with Crippen molar-refractivity contribution in [3.63, 3.8) is 0 Å². The predicted molar refractivity (Wildman–Crippen MR) is 78.3 cm³/mol. The second kappa shape index (κ2) is 6.76. The highest BCUT2D eigenvalue weighted by atomic mass is 16.6. The van der Waals surface area contributed by atoms with Gasteiger partial charge in [0.1, 0.15) is 12.2 Å². The number of carbonyl (C=O) groups is 1. The maximum Gasteiger partial charge on any atom is 0.248 e. The Morgan fingerprint density at radius 2 is 2.45 bits per heavy atom. The second-order valence-electron chi connectivity index (χ2n) is 5.99. The van der Waals surface area contributed by atoms with E-state index in [0.717, 1.165) is 19.4 Å². The number of amides is 1. The van der Waals surface area contributed by atoms with Gasteiger partial charge in [0.25, 0.3) is 0 Å². The molecule has 1 aromatic rings. The molecule has 22 heavy (non-hydrogen) atoms. The molecule has 1 spiro atoms. The summed E-state index contributed by atoms with van der Waals surface area (Å²) in [4.78, 5) is 13.9. The average molecular weight is 309 g/mol. The van der Waals surface area contributed by atoms with Crippen molar-refractivity contribution in [2.24, 2.45) is 0 Å². The lowest BCUT2D eigenvalue weighted by molar-refractivity contribution is -0.140. The molecule has 2 aliphatic heterocycles. The first-order valence-corrected chi connectivity index (χ1v) is 7.70. The minimum atomic E-state index is -0.391. The summed E-state index contributed by atoms with van der Waals surface area (Å²) in [5.41, 5.74) is -0.391. The summed E-state index contributed by atoms with van der Waals surface area (Å²) in [6.45, 7) is 3.10. The van der Waals surface area contributed by atoms with Crippen LogP contribution in [0, 0.1) is 0 Å². The summed E-state index contributed by atoms with van der Waals surface area (Å²) in [7, 11) is 1.54. The summed E-state index contributed by atoms with van der Waals surface area (Å²) in [5.74, 6) is -0.00787. The summed E-state index contributed by atoms with van der Waals surface area (Å²) in [6, 6.07) is 1.91. The van der Waals surface area contributed by atoms with Crippen molar-refractivity contribution in [2.45, 2.75) is 31.1 Å². The van der Waals surface area contributed by atoms with Crippen molar-refractivity contribution >= 4 is 5.91 Å². The van der Waals surface area contributed by atoms with Crippen LogP contribution in [0.4, 0.5) is 0 Å². The van der Waals surface area contributed by atoms with Gasteiger partial charge in [0.2, 0.25) is 5.91 Å². The first kappa shape index (κ1) is 15.5. The lowest BCUT2D eigenvalue weighted by Crippen LogP contribution is -2.47. The quantitative estimate of drug-likeness (QED) is 0.801. The zero-order valence-corrected chi connectivity index (χ0v) is 12.9. The maximum absolute atomic E-state index is 12.1. The Morgan fingerprint density at radius 1 is 1.55 bits per heavy atom. The Labute approximate surface area is 130 Å². The van der Waals surface area contributed by atoms with Crippen LogP contribution < -0.4 is 0 Å². The molecule has 0 saturated carbocycles. The molecule has 2 atom stereocenters. The normalized spacial score (nSPS) is 29.0. The third kappa shape index (κ3) is 3.48. The van der Waals surface area contributed by atoms with Crippen LogP contribution in [0.1, 0.15) is 12.8 Å². The molecule has 3 heterocycles. The fraction of sp³-hybridized carbons (Fsp3) is 0.733. The fourth-order valence-electron chi connectivity index (χ4n) is 3.20.